The van der Waals surface area contributed by atoms with Crippen molar-refractivity contribution in [3.05, 3.63) is 23.8 Å². The first kappa shape index (κ1) is 14.7. The first-order chi connectivity index (χ1) is 9.70. The Morgan fingerprint density at radius 1 is 1.40 bits per heavy atom. The molecule has 1 aromatic rings. The highest BCUT2D eigenvalue weighted by Crippen LogP contribution is 2.28. The number of carbonyl (C=O) groups is 1. The summed E-state index contributed by atoms with van der Waals surface area (Å²) in [5.41, 5.74) is 7.57. The SMILES string of the molecule is COC(=O)c1cc(NCCCC2CCCC2)ccc1N. The van der Waals surface area contributed by atoms with Gasteiger partial charge in [-0.1, -0.05) is 25.7 Å². The van der Waals surface area contributed by atoms with Gasteiger partial charge in [0.25, 0.3) is 0 Å². The second kappa shape index (κ2) is 7.17. The van der Waals surface area contributed by atoms with E-state index in [9.17, 15) is 4.79 Å². The van der Waals surface area contributed by atoms with Crippen molar-refractivity contribution in [2.24, 2.45) is 5.92 Å². The van der Waals surface area contributed by atoms with Gasteiger partial charge in [-0.15, -0.1) is 0 Å². The zero-order valence-electron chi connectivity index (χ0n) is 12.2. The number of rotatable bonds is 6. The van der Waals surface area contributed by atoms with E-state index in [1.54, 1.807) is 12.1 Å². The quantitative estimate of drug-likeness (QED) is 0.474. The van der Waals surface area contributed by atoms with Crippen molar-refractivity contribution >= 4 is 17.3 Å². The molecule has 1 fully saturated rings. The van der Waals surface area contributed by atoms with Gasteiger partial charge < -0.3 is 15.8 Å². The minimum absolute atomic E-state index is 0.392. The van der Waals surface area contributed by atoms with Crippen LogP contribution in [0.1, 0.15) is 48.9 Å². The van der Waals surface area contributed by atoms with Gasteiger partial charge in [0.15, 0.2) is 0 Å². The lowest BCUT2D eigenvalue weighted by atomic mass is 10.0. The molecule has 0 bridgehead atoms. The maximum absolute atomic E-state index is 11.6. The molecule has 1 aliphatic rings. The third-order valence-corrected chi connectivity index (χ3v) is 4.05. The monoisotopic (exact) mass is 276 g/mol. The molecule has 0 spiro atoms. The number of benzene rings is 1. The van der Waals surface area contributed by atoms with E-state index in [1.165, 1.54) is 45.6 Å². The largest absolute Gasteiger partial charge is 0.465 e. The first-order valence-electron chi connectivity index (χ1n) is 7.42. The van der Waals surface area contributed by atoms with E-state index >= 15 is 0 Å². The lowest BCUT2D eigenvalue weighted by molar-refractivity contribution is 0.0602. The Bertz CT molecular complexity index is 454. The number of hydrogen-bond acceptors (Lipinski definition) is 4. The van der Waals surface area contributed by atoms with E-state index in [2.05, 4.69) is 5.32 Å². The number of ether oxygens (including phenoxy) is 1. The minimum Gasteiger partial charge on any atom is -0.465 e. The van der Waals surface area contributed by atoms with Crippen molar-refractivity contribution in [2.75, 3.05) is 24.7 Å². The normalized spacial score (nSPS) is 15.2. The fourth-order valence-electron chi connectivity index (χ4n) is 2.88. The standard InChI is InChI=1S/C16H24N2O2/c1-20-16(19)14-11-13(8-9-15(14)17)18-10-4-7-12-5-2-3-6-12/h8-9,11-12,18H,2-7,10,17H2,1H3. The van der Waals surface area contributed by atoms with E-state index in [4.69, 9.17) is 10.5 Å². The Kier molecular flexibility index (Phi) is 5.27. The predicted molar refractivity (Wildman–Crippen MR) is 81.9 cm³/mol. The van der Waals surface area contributed by atoms with Crippen LogP contribution >= 0.6 is 0 Å². The fraction of sp³-hybridized carbons (Fsp3) is 0.562. The zero-order valence-corrected chi connectivity index (χ0v) is 12.2. The number of esters is 1. The van der Waals surface area contributed by atoms with E-state index in [-0.39, 0.29) is 0 Å². The number of nitrogens with one attached hydrogen (secondary N) is 1. The lowest BCUT2D eigenvalue weighted by Gasteiger charge is -2.11. The molecule has 0 aromatic heterocycles. The van der Waals surface area contributed by atoms with Crippen LogP contribution < -0.4 is 11.1 Å². The van der Waals surface area contributed by atoms with Crippen LogP contribution in [0.15, 0.2) is 18.2 Å². The Labute approximate surface area is 120 Å². The number of nitrogen functional groups attached to an aromatic ring is 1. The van der Waals surface area contributed by atoms with Gasteiger partial charge in [-0.2, -0.15) is 0 Å². The van der Waals surface area contributed by atoms with Gasteiger partial charge in [0, 0.05) is 17.9 Å². The van der Waals surface area contributed by atoms with Crippen LogP contribution in [-0.2, 0) is 4.74 Å². The van der Waals surface area contributed by atoms with Gasteiger partial charge in [0.05, 0.1) is 12.7 Å². The minimum atomic E-state index is -0.392. The Morgan fingerprint density at radius 3 is 2.85 bits per heavy atom. The van der Waals surface area contributed by atoms with Gasteiger partial charge in [-0.25, -0.2) is 4.79 Å². The van der Waals surface area contributed by atoms with Crippen LogP contribution in [0.3, 0.4) is 0 Å². The predicted octanol–water partition coefficient (Wildman–Crippen LogP) is 3.44. The van der Waals surface area contributed by atoms with Gasteiger partial charge in [-0.05, 0) is 37.0 Å². The summed E-state index contributed by atoms with van der Waals surface area (Å²) in [6.07, 6.45) is 8.06. The van der Waals surface area contributed by atoms with Crippen molar-refractivity contribution in [3.8, 4) is 0 Å². The number of methoxy groups -OCH3 is 1. The smallest absolute Gasteiger partial charge is 0.340 e. The van der Waals surface area contributed by atoms with Crippen LogP contribution in [-0.4, -0.2) is 19.6 Å². The number of carbonyl (C=O) groups excluding carboxylic acids is 1. The topological polar surface area (TPSA) is 64.3 Å². The molecule has 0 amide bonds. The maximum Gasteiger partial charge on any atom is 0.340 e. The molecule has 1 aromatic carbocycles. The molecule has 0 atom stereocenters. The van der Waals surface area contributed by atoms with Gasteiger partial charge in [-0.3, -0.25) is 0 Å². The summed E-state index contributed by atoms with van der Waals surface area (Å²) in [6.45, 7) is 0.932. The molecule has 110 valence electrons. The van der Waals surface area contributed by atoms with Crippen molar-refractivity contribution in [1.82, 2.24) is 0 Å². The van der Waals surface area contributed by atoms with Crippen LogP contribution in [0.4, 0.5) is 11.4 Å². The average Bonchev–Trinajstić information content (AvgIpc) is 2.97. The fourth-order valence-corrected chi connectivity index (χ4v) is 2.88. The molecular weight excluding hydrogens is 252 g/mol. The van der Waals surface area contributed by atoms with Crippen LogP contribution in [0, 0.1) is 5.92 Å². The van der Waals surface area contributed by atoms with E-state index in [1.807, 2.05) is 6.07 Å². The molecule has 0 radical (unpaired) electrons. The Balaban J connectivity index is 1.81. The summed E-state index contributed by atoms with van der Waals surface area (Å²) >= 11 is 0. The summed E-state index contributed by atoms with van der Waals surface area (Å²) in [6, 6.07) is 5.40. The number of nitrogens with two attached hydrogens (primary N) is 1. The maximum atomic E-state index is 11.6. The molecule has 2 rings (SSSR count). The highest BCUT2D eigenvalue weighted by Gasteiger charge is 2.14. The number of anilines is 2. The molecular formula is C16H24N2O2. The van der Waals surface area contributed by atoms with E-state index < -0.39 is 5.97 Å². The molecule has 3 N–H and O–H groups in total. The molecule has 0 heterocycles. The zero-order chi connectivity index (χ0) is 14.4. The molecule has 0 aliphatic heterocycles. The molecule has 4 nitrogen and oxygen atoms in total. The summed E-state index contributed by atoms with van der Waals surface area (Å²) in [4.78, 5) is 11.6. The van der Waals surface area contributed by atoms with Crippen LogP contribution in [0.2, 0.25) is 0 Å². The number of hydrogen-bond donors (Lipinski definition) is 2. The third kappa shape index (κ3) is 3.89. The Morgan fingerprint density at radius 2 is 2.15 bits per heavy atom. The highest BCUT2D eigenvalue weighted by molar-refractivity contribution is 5.96. The van der Waals surface area contributed by atoms with Gasteiger partial charge >= 0.3 is 5.97 Å². The van der Waals surface area contributed by atoms with Gasteiger partial charge in [0.2, 0.25) is 0 Å². The van der Waals surface area contributed by atoms with E-state index in [0.29, 0.717) is 11.3 Å². The second-order valence-electron chi connectivity index (χ2n) is 5.51. The highest BCUT2D eigenvalue weighted by atomic mass is 16.5. The first-order valence-corrected chi connectivity index (χ1v) is 7.42. The second-order valence-corrected chi connectivity index (χ2v) is 5.51. The summed E-state index contributed by atoms with van der Waals surface area (Å²) in [5.74, 6) is 0.533. The van der Waals surface area contributed by atoms with Crippen molar-refractivity contribution in [3.63, 3.8) is 0 Å². The van der Waals surface area contributed by atoms with Crippen molar-refractivity contribution in [2.45, 2.75) is 38.5 Å². The molecule has 0 unspecified atom stereocenters. The molecule has 4 heteroatoms. The van der Waals surface area contributed by atoms with Crippen LogP contribution in [0.5, 0.6) is 0 Å². The molecule has 1 aliphatic carbocycles. The summed E-state index contributed by atoms with van der Waals surface area (Å²) in [5, 5.41) is 3.35. The Hall–Kier alpha value is -1.71. The summed E-state index contributed by atoms with van der Waals surface area (Å²) in [7, 11) is 1.36. The average molecular weight is 276 g/mol. The van der Waals surface area contributed by atoms with Gasteiger partial charge in [0.1, 0.15) is 0 Å². The molecule has 20 heavy (non-hydrogen) atoms. The molecule has 1 saturated carbocycles. The third-order valence-electron chi connectivity index (χ3n) is 4.05. The lowest BCUT2D eigenvalue weighted by Crippen LogP contribution is -2.08. The van der Waals surface area contributed by atoms with Crippen LogP contribution in [0.25, 0.3) is 0 Å². The molecule has 0 saturated heterocycles. The summed E-state index contributed by atoms with van der Waals surface area (Å²) < 4.78 is 4.72. The van der Waals surface area contributed by atoms with Crippen molar-refractivity contribution in [1.29, 1.82) is 0 Å². The van der Waals surface area contributed by atoms with E-state index in [0.717, 1.165) is 18.2 Å². The van der Waals surface area contributed by atoms with Crippen molar-refractivity contribution < 1.29 is 9.53 Å².